The molecule has 0 radical (unpaired) electrons. The molecule has 2 rings (SSSR count). The van der Waals surface area contributed by atoms with Crippen LogP contribution in [-0.2, 0) is 10.8 Å². The van der Waals surface area contributed by atoms with Crippen LogP contribution in [0.4, 0.5) is 0 Å². The van der Waals surface area contributed by atoms with E-state index in [4.69, 9.17) is 4.43 Å². The van der Waals surface area contributed by atoms with E-state index in [0.717, 1.165) is 3.93 Å². The molecule has 0 amide bonds. The second-order valence-electron chi connectivity index (χ2n) is 12.7. The summed E-state index contributed by atoms with van der Waals surface area (Å²) in [5, 5.41) is 0.293. The van der Waals surface area contributed by atoms with E-state index in [9.17, 15) is 0 Å². The van der Waals surface area contributed by atoms with E-state index in [2.05, 4.69) is 85.0 Å². The predicted molar refractivity (Wildman–Crippen MR) is 154 cm³/mol. The van der Waals surface area contributed by atoms with Crippen LogP contribution in [0.25, 0.3) is 0 Å². The number of aryl methyl sites for hydroxylation is 1. The third kappa shape index (κ3) is 8.10. The summed E-state index contributed by atoms with van der Waals surface area (Å²) in [4.78, 5) is 0. The second kappa shape index (κ2) is 12.9. The van der Waals surface area contributed by atoms with Gasteiger partial charge in [0.2, 0.25) is 0 Å². The van der Waals surface area contributed by atoms with Crippen LogP contribution >= 0.6 is 0 Å². The summed E-state index contributed by atoms with van der Waals surface area (Å²) < 4.78 is 13.3. The van der Waals surface area contributed by atoms with Gasteiger partial charge in [-0.25, -0.2) is 0 Å². The zero-order valence-electron chi connectivity index (χ0n) is 23.6. The Labute approximate surface area is 212 Å². The van der Waals surface area contributed by atoms with Crippen molar-refractivity contribution in [2.24, 2.45) is 0 Å². The van der Waals surface area contributed by atoms with E-state index in [0.29, 0.717) is 5.04 Å². The first-order chi connectivity index (χ1) is 15.6. The fraction of sp³-hybridized carbons (Fsp3) is 0.800. The van der Waals surface area contributed by atoms with Gasteiger partial charge in [-0.3, -0.25) is 0 Å². The van der Waals surface area contributed by atoms with Crippen LogP contribution in [0.15, 0.2) is 30.3 Å². The molecule has 190 valence electrons. The molecular formula is C30H56OSiSn. The molecule has 1 aliphatic carbocycles. The fourth-order valence-corrected chi connectivity index (χ4v) is 28.0. The van der Waals surface area contributed by atoms with Crippen LogP contribution in [0.1, 0.15) is 105 Å². The molecule has 0 unspecified atom stereocenters. The van der Waals surface area contributed by atoms with Gasteiger partial charge in [0.25, 0.3) is 0 Å². The molecule has 1 fully saturated rings. The standard InChI is InChI=1S/C18H29OSi.3C4H9.Sn/c1-17(2,3)20(4,5)19-18(14-15-18)13-9-12-16-10-7-6-8-11-16;3*1-3-4-2;/h6-8,10-11,14H,9,12-13,15H2,1-5H3;3*1,3-4H2,2H3;/t18-;;;;/m0..../s1. The van der Waals surface area contributed by atoms with E-state index in [-0.39, 0.29) is 5.60 Å². The minimum absolute atomic E-state index is 0.225. The van der Waals surface area contributed by atoms with E-state index in [1.54, 1.807) is 13.3 Å². The van der Waals surface area contributed by atoms with Crippen LogP contribution < -0.4 is 0 Å². The third-order valence-electron chi connectivity index (χ3n) is 9.02. The van der Waals surface area contributed by atoms with E-state index < -0.39 is 26.7 Å². The number of rotatable bonds is 16. The van der Waals surface area contributed by atoms with Crippen molar-refractivity contribution in [3.05, 3.63) is 35.9 Å². The van der Waals surface area contributed by atoms with Crippen molar-refractivity contribution in [1.29, 1.82) is 0 Å². The van der Waals surface area contributed by atoms with Gasteiger partial charge in [-0.15, -0.1) is 0 Å². The molecule has 0 saturated heterocycles. The molecule has 3 heteroatoms. The second-order valence-corrected chi connectivity index (χ2v) is 31.5. The van der Waals surface area contributed by atoms with Crippen molar-refractivity contribution in [1.82, 2.24) is 0 Å². The number of benzene rings is 1. The molecule has 1 saturated carbocycles. The number of hydrogen-bond donors (Lipinski definition) is 0. The Kier molecular flexibility index (Phi) is 11.5. The minimum atomic E-state index is -2.30. The van der Waals surface area contributed by atoms with Gasteiger partial charge in [-0.05, 0) is 0 Å². The molecule has 1 aromatic rings. The molecule has 0 spiro atoms. The van der Waals surface area contributed by atoms with Gasteiger partial charge in [-0.2, -0.15) is 0 Å². The Morgan fingerprint density at radius 1 is 0.879 bits per heavy atom. The average molecular weight is 580 g/mol. The monoisotopic (exact) mass is 580 g/mol. The van der Waals surface area contributed by atoms with Gasteiger partial charge in [0, 0.05) is 0 Å². The SMILES string of the molecule is CCC[CH2][Sn]([CH2]CCC)([CH2]CCC)[C@H]1C[C@@]1(CCCc1ccccc1)O[Si](C)(C)C(C)(C)C. The molecule has 0 bridgehead atoms. The molecule has 2 atom stereocenters. The topological polar surface area (TPSA) is 9.23 Å². The molecule has 1 aromatic carbocycles. The van der Waals surface area contributed by atoms with Gasteiger partial charge < -0.3 is 0 Å². The average Bonchev–Trinajstić information content (AvgIpc) is 3.47. The summed E-state index contributed by atoms with van der Waals surface area (Å²) in [5.41, 5.74) is 1.72. The van der Waals surface area contributed by atoms with Crippen molar-refractivity contribution in [2.45, 2.75) is 147 Å². The molecule has 0 heterocycles. The fourth-order valence-electron chi connectivity index (χ4n) is 5.88. The summed E-state index contributed by atoms with van der Waals surface area (Å²) in [7, 11) is -1.79. The van der Waals surface area contributed by atoms with Crippen LogP contribution in [0, 0.1) is 0 Å². The van der Waals surface area contributed by atoms with Crippen LogP contribution in [0.2, 0.25) is 35.4 Å². The van der Waals surface area contributed by atoms with Crippen molar-refractivity contribution in [3.8, 4) is 0 Å². The third-order valence-corrected chi connectivity index (χ3v) is 31.4. The van der Waals surface area contributed by atoms with Crippen LogP contribution in [-0.4, -0.2) is 32.3 Å². The van der Waals surface area contributed by atoms with Crippen LogP contribution in [0.5, 0.6) is 0 Å². The first kappa shape index (κ1) is 29.4. The van der Waals surface area contributed by atoms with Gasteiger partial charge in [0.1, 0.15) is 0 Å². The molecular weight excluding hydrogens is 523 g/mol. The Hall–Kier alpha value is 0.196. The normalized spacial score (nSPS) is 21.4. The van der Waals surface area contributed by atoms with Gasteiger partial charge in [-0.1, -0.05) is 0 Å². The summed E-state index contributed by atoms with van der Waals surface area (Å²) in [6, 6.07) is 11.1. The number of unbranched alkanes of at least 4 members (excludes halogenated alkanes) is 3. The Morgan fingerprint density at radius 2 is 1.39 bits per heavy atom. The molecule has 0 aromatic heterocycles. The van der Waals surface area contributed by atoms with Crippen molar-refractivity contribution < 1.29 is 4.43 Å². The Morgan fingerprint density at radius 3 is 1.85 bits per heavy atom. The maximum atomic E-state index is 7.49. The molecule has 1 nitrogen and oxygen atoms in total. The molecule has 1 aliphatic rings. The summed E-state index contributed by atoms with van der Waals surface area (Å²) in [6.45, 7) is 19.5. The van der Waals surface area contributed by atoms with Crippen molar-refractivity contribution in [2.75, 3.05) is 0 Å². The van der Waals surface area contributed by atoms with E-state index in [1.807, 2.05) is 0 Å². The molecule has 33 heavy (non-hydrogen) atoms. The summed E-state index contributed by atoms with van der Waals surface area (Å²) >= 11 is -2.30. The van der Waals surface area contributed by atoms with Crippen molar-refractivity contribution >= 4 is 26.7 Å². The summed E-state index contributed by atoms with van der Waals surface area (Å²) in [5.74, 6) is 0. The first-order valence-electron chi connectivity index (χ1n) is 14.3. The van der Waals surface area contributed by atoms with E-state index >= 15 is 0 Å². The quantitative estimate of drug-likeness (QED) is 0.177. The summed E-state index contributed by atoms with van der Waals surface area (Å²) in [6.07, 6.45) is 13.7. The van der Waals surface area contributed by atoms with Gasteiger partial charge >= 0.3 is 214 Å². The Balaban J connectivity index is 2.30. The zero-order chi connectivity index (χ0) is 24.6. The maximum absolute atomic E-state index is 7.49. The Bertz CT molecular complexity index is 659. The number of hydrogen-bond acceptors (Lipinski definition) is 1. The van der Waals surface area contributed by atoms with E-state index in [1.165, 1.54) is 69.8 Å². The zero-order valence-corrected chi connectivity index (χ0v) is 27.4. The van der Waals surface area contributed by atoms with Gasteiger partial charge in [0.05, 0.1) is 0 Å². The van der Waals surface area contributed by atoms with Gasteiger partial charge in [0.15, 0.2) is 0 Å². The first-order valence-corrected chi connectivity index (χ1v) is 24.9. The molecule has 0 N–H and O–H groups in total. The van der Waals surface area contributed by atoms with Crippen LogP contribution in [0.3, 0.4) is 0 Å². The van der Waals surface area contributed by atoms with Crippen molar-refractivity contribution in [3.63, 3.8) is 0 Å². The molecule has 0 aliphatic heterocycles. The predicted octanol–water partition coefficient (Wildman–Crippen LogP) is 10.4.